The molecule has 0 bridgehead atoms. The normalized spacial score (nSPS) is 13.4. The van der Waals surface area contributed by atoms with Crippen LogP contribution in [0.5, 0.6) is 0 Å². The first-order valence-electron chi connectivity index (χ1n) is 6.07. The number of benzene rings is 1. The Labute approximate surface area is 99.7 Å². The van der Waals surface area contributed by atoms with Crippen molar-refractivity contribution in [3.8, 4) is 0 Å². The quantitative estimate of drug-likeness (QED) is 0.792. The monoisotopic (exact) mass is 220 g/mol. The fraction of sp³-hybridized carbons (Fsp3) is 0.571. The lowest BCUT2D eigenvalue weighted by atomic mass is 10.2. The van der Waals surface area contributed by atoms with Crippen molar-refractivity contribution < 1.29 is 0 Å². The summed E-state index contributed by atoms with van der Waals surface area (Å²) in [7, 11) is 2.17. The van der Waals surface area contributed by atoms with Gasteiger partial charge in [-0.2, -0.15) is 0 Å². The summed E-state index contributed by atoms with van der Waals surface area (Å²) in [6.45, 7) is 8.73. The maximum Gasteiger partial charge on any atom is 0.0208 e. The van der Waals surface area contributed by atoms with Crippen molar-refractivity contribution in [1.29, 1.82) is 0 Å². The van der Waals surface area contributed by atoms with E-state index in [0.29, 0.717) is 12.1 Å². The molecule has 1 aromatic rings. The van der Waals surface area contributed by atoms with Gasteiger partial charge >= 0.3 is 0 Å². The number of likely N-dealkylation sites (N-methyl/N-ethyl adjacent to an activating group) is 1. The molecule has 0 aromatic heterocycles. The van der Waals surface area contributed by atoms with Gasteiger partial charge in [-0.15, -0.1) is 0 Å². The Morgan fingerprint density at radius 2 is 1.75 bits per heavy atom. The second-order valence-corrected chi connectivity index (χ2v) is 4.80. The summed E-state index contributed by atoms with van der Waals surface area (Å²) in [5.74, 6) is 0. The molecule has 1 atom stereocenters. The summed E-state index contributed by atoms with van der Waals surface area (Å²) in [5, 5.41) is 3.54. The van der Waals surface area contributed by atoms with Crippen LogP contribution in [0.1, 0.15) is 26.3 Å². The lowest BCUT2D eigenvalue weighted by Gasteiger charge is -2.25. The molecule has 90 valence electrons. The number of nitrogens with one attached hydrogen (secondary N) is 1. The molecule has 0 saturated heterocycles. The maximum atomic E-state index is 3.54. The predicted octanol–water partition coefficient (Wildman–Crippen LogP) is 2.50. The van der Waals surface area contributed by atoms with Crippen LogP contribution in [-0.4, -0.2) is 30.6 Å². The van der Waals surface area contributed by atoms with Crippen LogP contribution in [-0.2, 0) is 6.54 Å². The summed E-state index contributed by atoms with van der Waals surface area (Å²) in [5.41, 5.74) is 1.35. The Morgan fingerprint density at radius 3 is 2.31 bits per heavy atom. The van der Waals surface area contributed by atoms with Crippen molar-refractivity contribution in [2.24, 2.45) is 0 Å². The zero-order valence-corrected chi connectivity index (χ0v) is 10.9. The van der Waals surface area contributed by atoms with Gasteiger partial charge in [0.2, 0.25) is 0 Å². The third-order valence-corrected chi connectivity index (χ3v) is 2.94. The molecule has 1 unspecified atom stereocenters. The number of nitrogens with zero attached hydrogens (tertiary/aromatic N) is 1. The summed E-state index contributed by atoms with van der Waals surface area (Å²) in [4.78, 5) is 2.36. The van der Waals surface area contributed by atoms with Crippen LogP contribution in [0, 0.1) is 0 Å². The van der Waals surface area contributed by atoms with Crippen molar-refractivity contribution in [3.63, 3.8) is 0 Å². The van der Waals surface area contributed by atoms with Gasteiger partial charge in [0.1, 0.15) is 0 Å². The van der Waals surface area contributed by atoms with Crippen LogP contribution >= 0.6 is 0 Å². The fourth-order valence-electron chi connectivity index (χ4n) is 1.60. The molecule has 2 nitrogen and oxygen atoms in total. The highest BCUT2D eigenvalue weighted by atomic mass is 15.1. The van der Waals surface area contributed by atoms with Gasteiger partial charge in [0.05, 0.1) is 0 Å². The molecule has 0 heterocycles. The van der Waals surface area contributed by atoms with Crippen molar-refractivity contribution in [2.75, 3.05) is 13.6 Å². The van der Waals surface area contributed by atoms with Crippen LogP contribution in [0.3, 0.4) is 0 Å². The number of hydrogen-bond donors (Lipinski definition) is 1. The third-order valence-electron chi connectivity index (χ3n) is 2.94. The average Bonchev–Trinajstić information content (AvgIpc) is 2.27. The first-order valence-corrected chi connectivity index (χ1v) is 6.07. The van der Waals surface area contributed by atoms with Gasteiger partial charge in [0, 0.05) is 25.2 Å². The molecule has 0 saturated carbocycles. The summed E-state index contributed by atoms with van der Waals surface area (Å²) < 4.78 is 0. The Bertz CT molecular complexity index is 282. The Hall–Kier alpha value is -0.860. The van der Waals surface area contributed by atoms with E-state index in [-0.39, 0.29) is 0 Å². The molecule has 0 aliphatic heterocycles. The SMILES string of the molecule is CC(CN(C)C(C)C)NCc1ccccc1. The largest absolute Gasteiger partial charge is 0.309 e. The average molecular weight is 220 g/mol. The number of hydrogen-bond acceptors (Lipinski definition) is 2. The van der Waals surface area contributed by atoms with Gasteiger partial charge in [0.15, 0.2) is 0 Å². The van der Waals surface area contributed by atoms with Gasteiger partial charge in [-0.3, -0.25) is 0 Å². The highest BCUT2D eigenvalue weighted by Gasteiger charge is 2.08. The van der Waals surface area contributed by atoms with Crippen LogP contribution in [0.4, 0.5) is 0 Å². The molecule has 16 heavy (non-hydrogen) atoms. The van der Waals surface area contributed by atoms with Gasteiger partial charge in [-0.25, -0.2) is 0 Å². The molecule has 1 aromatic carbocycles. The Kier molecular flexibility index (Phi) is 5.50. The second-order valence-electron chi connectivity index (χ2n) is 4.80. The van der Waals surface area contributed by atoms with Gasteiger partial charge in [-0.05, 0) is 33.4 Å². The molecular formula is C14H24N2. The van der Waals surface area contributed by atoms with Crippen molar-refractivity contribution in [1.82, 2.24) is 10.2 Å². The lowest BCUT2D eigenvalue weighted by Crippen LogP contribution is -2.39. The molecule has 1 N–H and O–H groups in total. The highest BCUT2D eigenvalue weighted by molar-refractivity contribution is 5.14. The van der Waals surface area contributed by atoms with Gasteiger partial charge in [0.25, 0.3) is 0 Å². The predicted molar refractivity (Wildman–Crippen MR) is 70.5 cm³/mol. The van der Waals surface area contributed by atoms with Crippen LogP contribution in [0.15, 0.2) is 30.3 Å². The highest BCUT2D eigenvalue weighted by Crippen LogP contribution is 2.00. The minimum Gasteiger partial charge on any atom is -0.309 e. The fourth-order valence-corrected chi connectivity index (χ4v) is 1.60. The van der Waals surface area contributed by atoms with Crippen molar-refractivity contribution >= 4 is 0 Å². The molecular weight excluding hydrogens is 196 g/mol. The van der Waals surface area contributed by atoms with Gasteiger partial charge < -0.3 is 10.2 Å². The zero-order chi connectivity index (χ0) is 12.0. The molecule has 0 amide bonds. The van der Waals surface area contributed by atoms with E-state index in [0.717, 1.165) is 13.1 Å². The molecule has 1 rings (SSSR count). The van der Waals surface area contributed by atoms with E-state index in [2.05, 4.69) is 68.4 Å². The first-order chi connectivity index (χ1) is 7.59. The lowest BCUT2D eigenvalue weighted by molar-refractivity contribution is 0.246. The van der Waals surface area contributed by atoms with E-state index in [9.17, 15) is 0 Å². The topological polar surface area (TPSA) is 15.3 Å². The first kappa shape index (κ1) is 13.2. The standard InChI is InChI=1S/C14H24N2/c1-12(2)16(4)11-13(3)15-10-14-8-6-5-7-9-14/h5-9,12-13,15H,10-11H2,1-4H3. The minimum absolute atomic E-state index is 0.521. The third kappa shape index (κ3) is 4.77. The Balaban J connectivity index is 2.28. The van der Waals surface area contributed by atoms with Gasteiger partial charge in [-0.1, -0.05) is 30.3 Å². The van der Waals surface area contributed by atoms with Crippen LogP contribution in [0.25, 0.3) is 0 Å². The van der Waals surface area contributed by atoms with E-state index < -0.39 is 0 Å². The molecule has 0 radical (unpaired) electrons. The van der Waals surface area contributed by atoms with Crippen LogP contribution < -0.4 is 5.32 Å². The van der Waals surface area contributed by atoms with Crippen molar-refractivity contribution in [2.45, 2.75) is 39.4 Å². The van der Waals surface area contributed by atoms with E-state index >= 15 is 0 Å². The summed E-state index contributed by atoms with van der Waals surface area (Å²) in [6.07, 6.45) is 0. The Morgan fingerprint density at radius 1 is 1.12 bits per heavy atom. The number of rotatable bonds is 6. The molecule has 0 spiro atoms. The summed E-state index contributed by atoms with van der Waals surface area (Å²) in [6, 6.07) is 11.7. The smallest absolute Gasteiger partial charge is 0.0208 e. The summed E-state index contributed by atoms with van der Waals surface area (Å²) >= 11 is 0. The molecule has 0 aliphatic rings. The van der Waals surface area contributed by atoms with Crippen molar-refractivity contribution in [3.05, 3.63) is 35.9 Å². The van der Waals surface area contributed by atoms with Crippen LogP contribution in [0.2, 0.25) is 0 Å². The van der Waals surface area contributed by atoms with E-state index in [1.165, 1.54) is 5.56 Å². The van der Waals surface area contributed by atoms with E-state index in [1.807, 2.05) is 0 Å². The maximum absolute atomic E-state index is 3.54. The second kappa shape index (κ2) is 6.66. The minimum atomic E-state index is 0.521. The van der Waals surface area contributed by atoms with E-state index in [1.54, 1.807) is 0 Å². The zero-order valence-electron chi connectivity index (χ0n) is 10.9. The van der Waals surface area contributed by atoms with E-state index in [4.69, 9.17) is 0 Å². The molecule has 0 fully saturated rings. The molecule has 2 heteroatoms. The molecule has 0 aliphatic carbocycles.